The highest BCUT2D eigenvalue weighted by atomic mass is 16.3. The largest absolute Gasteiger partial charge is 0.385 e. The molecule has 3 unspecified atom stereocenters. The Morgan fingerprint density at radius 1 is 1.00 bits per heavy atom. The molecule has 1 heteroatoms. The highest BCUT2D eigenvalue weighted by Crippen LogP contribution is 2.44. The van der Waals surface area contributed by atoms with E-state index in [1.165, 1.54) is 17.2 Å². The van der Waals surface area contributed by atoms with Crippen molar-refractivity contribution in [2.24, 2.45) is 11.8 Å². The molecule has 3 rings (SSSR count). The van der Waals surface area contributed by atoms with E-state index in [0.29, 0.717) is 11.8 Å². The molecule has 0 spiro atoms. The highest BCUT2D eigenvalue weighted by molar-refractivity contribution is 5.83. The summed E-state index contributed by atoms with van der Waals surface area (Å²) in [6.07, 6.45) is 3.23. The van der Waals surface area contributed by atoms with Gasteiger partial charge in [-0.25, -0.2) is 0 Å². The second-order valence-electron chi connectivity index (χ2n) is 6.27. The minimum absolute atomic E-state index is 0.338. The van der Waals surface area contributed by atoms with E-state index in [1.54, 1.807) is 0 Å². The molecule has 19 heavy (non-hydrogen) atoms. The van der Waals surface area contributed by atoms with Crippen LogP contribution in [0.5, 0.6) is 0 Å². The van der Waals surface area contributed by atoms with Crippen molar-refractivity contribution in [3.63, 3.8) is 0 Å². The Balaban J connectivity index is 2.06. The summed E-state index contributed by atoms with van der Waals surface area (Å²) in [6.45, 7) is 4.43. The number of hydrogen-bond donors (Lipinski definition) is 1. The Morgan fingerprint density at radius 3 is 2.53 bits per heavy atom. The first-order chi connectivity index (χ1) is 9.09. The van der Waals surface area contributed by atoms with Crippen LogP contribution in [0.3, 0.4) is 0 Å². The molecular formula is C18H22O. The van der Waals surface area contributed by atoms with Gasteiger partial charge in [0.15, 0.2) is 0 Å². The van der Waals surface area contributed by atoms with Gasteiger partial charge in [0, 0.05) is 0 Å². The van der Waals surface area contributed by atoms with Gasteiger partial charge in [-0.2, -0.15) is 0 Å². The molecule has 1 nitrogen and oxygen atoms in total. The normalized spacial score (nSPS) is 31.5. The molecular weight excluding hydrogens is 232 g/mol. The first kappa shape index (κ1) is 12.7. The first-order valence-electron chi connectivity index (χ1n) is 7.31. The van der Waals surface area contributed by atoms with Crippen LogP contribution >= 0.6 is 0 Å². The molecule has 3 atom stereocenters. The van der Waals surface area contributed by atoms with Crippen molar-refractivity contribution in [1.82, 2.24) is 0 Å². The summed E-state index contributed by atoms with van der Waals surface area (Å²) >= 11 is 0. The summed E-state index contributed by atoms with van der Waals surface area (Å²) in [5, 5.41) is 13.6. The molecule has 2 aromatic carbocycles. The number of aliphatic hydroxyl groups is 1. The second kappa shape index (κ2) is 4.64. The van der Waals surface area contributed by atoms with Crippen molar-refractivity contribution in [3.8, 4) is 0 Å². The topological polar surface area (TPSA) is 20.2 Å². The van der Waals surface area contributed by atoms with Gasteiger partial charge in [-0.15, -0.1) is 0 Å². The van der Waals surface area contributed by atoms with E-state index in [0.717, 1.165) is 18.4 Å². The first-order valence-corrected chi connectivity index (χ1v) is 7.31. The van der Waals surface area contributed by atoms with Crippen molar-refractivity contribution in [2.75, 3.05) is 0 Å². The molecule has 0 radical (unpaired) electrons. The fourth-order valence-electron chi connectivity index (χ4n) is 3.47. The molecule has 1 N–H and O–H groups in total. The van der Waals surface area contributed by atoms with Crippen LogP contribution in [0.2, 0.25) is 0 Å². The fraction of sp³-hybridized carbons (Fsp3) is 0.444. The maximum Gasteiger partial charge on any atom is 0.0924 e. The summed E-state index contributed by atoms with van der Waals surface area (Å²) in [4.78, 5) is 0. The number of fused-ring (bicyclic) bond motifs is 1. The molecule has 1 aliphatic carbocycles. The van der Waals surface area contributed by atoms with Gasteiger partial charge in [0.2, 0.25) is 0 Å². The predicted molar refractivity (Wildman–Crippen MR) is 80.0 cm³/mol. The van der Waals surface area contributed by atoms with Crippen LogP contribution in [0.25, 0.3) is 10.8 Å². The van der Waals surface area contributed by atoms with Crippen LogP contribution in [-0.4, -0.2) is 5.11 Å². The molecule has 0 aromatic heterocycles. The van der Waals surface area contributed by atoms with E-state index in [1.807, 2.05) is 0 Å². The van der Waals surface area contributed by atoms with Gasteiger partial charge in [0.05, 0.1) is 5.60 Å². The van der Waals surface area contributed by atoms with Crippen molar-refractivity contribution in [3.05, 3.63) is 48.0 Å². The van der Waals surface area contributed by atoms with E-state index in [-0.39, 0.29) is 0 Å². The van der Waals surface area contributed by atoms with Gasteiger partial charge in [-0.3, -0.25) is 0 Å². The monoisotopic (exact) mass is 254 g/mol. The Kier molecular flexibility index (Phi) is 3.10. The van der Waals surface area contributed by atoms with Crippen molar-refractivity contribution >= 4 is 10.8 Å². The van der Waals surface area contributed by atoms with Gasteiger partial charge >= 0.3 is 0 Å². The van der Waals surface area contributed by atoms with Crippen LogP contribution in [0.15, 0.2) is 42.5 Å². The summed E-state index contributed by atoms with van der Waals surface area (Å²) in [6, 6.07) is 14.8. The lowest BCUT2D eigenvalue weighted by atomic mass is 9.68. The lowest BCUT2D eigenvalue weighted by Crippen LogP contribution is -2.39. The van der Waals surface area contributed by atoms with Crippen molar-refractivity contribution in [1.29, 1.82) is 0 Å². The van der Waals surface area contributed by atoms with Gasteiger partial charge in [0.1, 0.15) is 0 Å². The third-order valence-electron chi connectivity index (χ3n) is 4.82. The van der Waals surface area contributed by atoms with Crippen LogP contribution in [0, 0.1) is 11.8 Å². The minimum atomic E-state index is -0.651. The SMILES string of the molecule is CC1CCC(C)C(O)(c2ccc3ccccc3c2)C1. The van der Waals surface area contributed by atoms with Gasteiger partial charge < -0.3 is 5.11 Å². The maximum absolute atomic E-state index is 11.1. The summed E-state index contributed by atoms with van der Waals surface area (Å²) in [7, 11) is 0. The average molecular weight is 254 g/mol. The van der Waals surface area contributed by atoms with Crippen LogP contribution in [0.4, 0.5) is 0 Å². The maximum atomic E-state index is 11.1. The van der Waals surface area contributed by atoms with Crippen LogP contribution in [0.1, 0.15) is 38.7 Å². The number of rotatable bonds is 1. The lowest BCUT2D eigenvalue weighted by molar-refractivity contribution is -0.0626. The third kappa shape index (κ3) is 2.17. The zero-order chi connectivity index (χ0) is 13.5. The molecule has 100 valence electrons. The highest BCUT2D eigenvalue weighted by Gasteiger charge is 2.40. The second-order valence-corrected chi connectivity index (χ2v) is 6.27. The number of benzene rings is 2. The van der Waals surface area contributed by atoms with E-state index in [4.69, 9.17) is 0 Å². The molecule has 0 aliphatic heterocycles. The molecule has 0 bridgehead atoms. The number of hydrogen-bond acceptors (Lipinski definition) is 1. The van der Waals surface area contributed by atoms with Crippen molar-refractivity contribution in [2.45, 2.75) is 38.7 Å². The van der Waals surface area contributed by atoms with E-state index in [2.05, 4.69) is 56.3 Å². The molecule has 0 saturated heterocycles. The minimum Gasteiger partial charge on any atom is -0.385 e. The van der Waals surface area contributed by atoms with Gasteiger partial charge in [-0.05, 0) is 47.1 Å². The molecule has 0 amide bonds. The quantitative estimate of drug-likeness (QED) is 0.795. The fourth-order valence-corrected chi connectivity index (χ4v) is 3.47. The van der Waals surface area contributed by atoms with Crippen molar-refractivity contribution < 1.29 is 5.11 Å². The Hall–Kier alpha value is -1.34. The van der Waals surface area contributed by atoms with Crippen LogP contribution in [-0.2, 0) is 5.60 Å². The summed E-state index contributed by atoms with van der Waals surface area (Å²) in [5.41, 5.74) is 0.437. The Morgan fingerprint density at radius 2 is 1.74 bits per heavy atom. The molecule has 2 aromatic rings. The Bertz CT molecular complexity index is 589. The standard InChI is InChI=1S/C18H22O/c1-13-7-8-14(2)18(19,12-13)17-10-9-15-5-3-4-6-16(15)11-17/h3-6,9-11,13-14,19H,7-8,12H2,1-2H3. The third-order valence-corrected chi connectivity index (χ3v) is 4.82. The average Bonchev–Trinajstić information content (AvgIpc) is 2.43. The van der Waals surface area contributed by atoms with Gasteiger partial charge in [-0.1, -0.05) is 56.7 Å². The van der Waals surface area contributed by atoms with E-state index < -0.39 is 5.60 Å². The van der Waals surface area contributed by atoms with E-state index in [9.17, 15) is 5.11 Å². The zero-order valence-electron chi connectivity index (χ0n) is 11.8. The summed E-state index contributed by atoms with van der Waals surface area (Å²) in [5.74, 6) is 0.942. The zero-order valence-corrected chi connectivity index (χ0v) is 11.8. The molecule has 1 aliphatic rings. The van der Waals surface area contributed by atoms with E-state index >= 15 is 0 Å². The summed E-state index contributed by atoms with van der Waals surface area (Å²) < 4.78 is 0. The molecule has 1 fully saturated rings. The smallest absolute Gasteiger partial charge is 0.0924 e. The van der Waals surface area contributed by atoms with Gasteiger partial charge in [0.25, 0.3) is 0 Å². The Labute approximate surface area is 115 Å². The van der Waals surface area contributed by atoms with Crippen LogP contribution < -0.4 is 0 Å². The predicted octanol–water partition coefficient (Wildman–Crippen LogP) is 4.48. The molecule has 1 saturated carbocycles. The lowest BCUT2D eigenvalue weighted by Gasteiger charge is -2.41. The molecule has 0 heterocycles.